The zero-order valence-corrected chi connectivity index (χ0v) is 24.2. The summed E-state index contributed by atoms with van der Waals surface area (Å²) in [6.45, 7) is -1.89. The van der Waals surface area contributed by atoms with Crippen LogP contribution < -0.4 is 0 Å². The molecule has 0 radical (unpaired) electrons. The predicted molar refractivity (Wildman–Crippen MR) is 147 cm³/mol. The summed E-state index contributed by atoms with van der Waals surface area (Å²) in [6.07, 6.45) is -12.0. The zero-order chi connectivity index (χ0) is 34.1. The third-order valence-electron chi connectivity index (χ3n) is 7.45. The highest BCUT2D eigenvalue weighted by atomic mass is 19.4. The van der Waals surface area contributed by atoms with E-state index in [1.54, 1.807) is 60.7 Å². The normalized spacial score (nSPS) is 21.8. The molecule has 2 aromatic carbocycles. The molecule has 2 saturated heterocycles. The van der Waals surface area contributed by atoms with Gasteiger partial charge < -0.3 is 29.5 Å². The number of aliphatic carboxylic acids is 2. The second-order valence-electron chi connectivity index (χ2n) is 10.9. The summed E-state index contributed by atoms with van der Waals surface area (Å²) in [7, 11) is 0. The van der Waals surface area contributed by atoms with Gasteiger partial charge in [0.1, 0.15) is 13.2 Å². The number of piperidine rings is 2. The molecule has 2 aliphatic heterocycles. The Bertz CT molecular complexity index is 1220. The maximum atomic E-state index is 12.9. The van der Waals surface area contributed by atoms with Crippen molar-refractivity contribution in [2.75, 3.05) is 26.2 Å². The number of halogens is 6. The van der Waals surface area contributed by atoms with Crippen LogP contribution in [0.25, 0.3) is 0 Å². The lowest BCUT2D eigenvalue weighted by atomic mass is 9.89. The van der Waals surface area contributed by atoms with E-state index < -0.39 is 86.1 Å². The first-order valence-corrected chi connectivity index (χ1v) is 14.0. The average molecular weight is 663 g/mol. The number of rotatable bonds is 6. The average Bonchev–Trinajstić information content (AvgIpc) is 3.02. The molecule has 2 fully saturated rings. The Morgan fingerprint density at radius 3 is 1.22 bits per heavy atom. The number of alkyl halides is 6. The smallest absolute Gasteiger partial charge is 0.410 e. The van der Waals surface area contributed by atoms with Crippen molar-refractivity contribution >= 4 is 24.1 Å². The topological polar surface area (TPSA) is 134 Å². The van der Waals surface area contributed by atoms with Crippen molar-refractivity contribution in [3.63, 3.8) is 0 Å². The van der Waals surface area contributed by atoms with Crippen LogP contribution in [-0.2, 0) is 32.3 Å². The fourth-order valence-electron chi connectivity index (χ4n) is 4.95. The van der Waals surface area contributed by atoms with E-state index in [9.17, 15) is 45.5 Å². The van der Waals surface area contributed by atoms with Gasteiger partial charge in [0, 0.05) is 26.2 Å². The SMILES string of the molecule is O=C(O)[C@@H]1C[C@@H](C(F)(F)F)CN(C(=O)OCc2ccccc2)C1.O=C(O)[C@@H]1C[C@H](C(F)(F)F)CN(C(=O)OCc2ccccc2)C1. The first-order chi connectivity index (χ1) is 21.5. The molecule has 2 amide bonds. The first kappa shape index (κ1) is 36.0. The standard InChI is InChI=1S/2C15H16F3NO4/c2*16-15(17,18)12-6-11(13(20)21)7-19(8-12)14(22)23-9-10-4-2-1-3-5-10/h2*1-5,11-12H,6-9H2,(H,20,21)/t11-,12+;11-,12-/m11/s1. The van der Waals surface area contributed by atoms with Crippen LogP contribution >= 0.6 is 0 Å². The minimum absolute atomic E-state index is 0.0788. The number of amides is 2. The monoisotopic (exact) mass is 662 g/mol. The van der Waals surface area contributed by atoms with E-state index in [4.69, 9.17) is 19.7 Å². The van der Waals surface area contributed by atoms with Gasteiger partial charge >= 0.3 is 36.5 Å². The van der Waals surface area contributed by atoms with Crippen LogP contribution in [0.3, 0.4) is 0 Å². The van der Waals surface area contributed by atoms with Crippen molar-refractivity contribution in [1.82, 2.24) is 9.80 Å². The fraction of sp³-hybridized carbons (Fsp3) is 0.467. The van der Waals surface area contributed by atoms with Gasteiger partial charge in [-0.25, -0.2) is 9.59 Å². The Labute approximate surface area is 259 Å². The number of carboxylic acids is 2. The van der Waals surface area contributed by atoms with Crippen molar-refractivity contribution in [3.8, 4) is 0 Å². The van der Waals surface area contributed by atoms with Crippen LogP contribution in [-0.4, -0.2) is 82.7 Å². The molecular weight excluding hydrogens is 630 g/mol. The van der Waals surface area contributed by atoms with Gasteiger partial charge in [-0.2, -0.15) is 26.3 Å². The maximum absolute atomic E-state index is 12.9. The highest BCUT2D eigenvalue weighted by Gasteiger charge is 2.48. The molecule has 2 heterocycles. The van der Waals surface area contributed by atoms with E-state index in [-0.39, 0.29) is 26.3 Å². The number of hydrogen-bond acceptors (Lipinski definition) is 6. The second kappa shape index (κ2) is 15.7. The number of nitrogens with zero attached hydrogens (tertiary/aromatic N) is 2. The van der Waals surface area contributed by atoms with Crippen molar-refractivity contribution in [2.24, 2.45) is 23.7 Å². The largest absolute Gasteiger partial charge is 0.481 e. The predicted octanol–water partition coefficient (Wildman–Crippen LogP) is 5.82. The highest BCUT2D eigenvalue weighted by Crippen LogP contribution is 2.37. The fourth-order valence-corrected chi connectivity index (χ4v) is 4.95. The van der Waals surface area contributed by atoms with E-state index in [0.29, 0.717) is 11.1 Å². The van der Waals surface area contributed by atoms with Gasteiger partial charge in [0.2, 0.25) is 0 Å². The van der Waals surface area contributed by atoms with Crippen molar-refractivity contribution in [3.05, 3.63) is 71.8 Å². The third-order valence-corrected chi connectivity index (χ3v) is 7.45. The second-order valence-corrected chi connectivity index (χ2v) is 10.9. The molecule has 16 heteroatoms. The zero-order valence-electron chi connectivity index (χ0n) is 24.2. The van der Waals surface area contributed by atoms with Gasteiger partial charge in [-0.15, -0.1) is 0 Å². The Hall–Kier alpha value is -4.50. The van der Waals surface area contributed by atoms with E-state index in [0.717, 1.165) is 9.80 Å². The Morgan fingerprint density at radius 2 is 0.935 bits per heavy atom. The Morgan fingerprint density at radius 1 is 0.609 bits per heavy atom. The molecule has 2 aliphatic rings. The summed E-state index contributed by atoms with van der Waals surface area (Å²) in [6, 6.07) is 17.4. The number of ether oxygens (including phenoxy) is 2. The van der Waals surface area contributed by atoms with Crippen LogP contribution in [0.15, 0.2) is 60.7 Å². The molecule has 46 heavy (non-hydrogen) atoms. The number of hydrogen-bond donors (Lipinski definition) is 2. The molecule has 252 valence electrons. The summed E-state index contributed by atoms with van der Waals surface area (Å²) < 4.78 is 87.3. The van der Waals surface area contributed by atoms with Crippen LogP contribution in [0, 0.1) is 23.7 Å². The Balaban J connectivity index is 0.000000250. The maximum Gasteiger partial charge on any atom is 0.410 e. The number of likely N-dealkylation sites (tertiary alicyclic amines) is 2. The molecule has 2 N–H and O–H groups in total. The Kier molecular flexibility index (Phi) is 12.3. The van der Waals surface area contributed by atoms with E-state index in [1.165, 1.54) is 0 Å². The molecule has 4 atom stereocenters. The van der Waals surface area contributed by atoms with E-state index in [2.05, 4.69) is 0 Å². The highest BCUT2D eigenvalue weighted by molar-refractivity contribution is 5.74. The van der Waals surface area contributed by atoms with Crippen LogP contribution in [0.5, 0.6) is 0 Å². The molecule has 0 spiro atoms. The molecule has 0 aromatic heterocycles. The van der Waals surface area contributed by atoms with Crippen molar-refractivity contribution < 1.29 is 65.2 Å². The van der Waals surface area contributed by atoms with Gasteiger partial charge in [-0.05, 0) is 24.0 Å². The molecule has 10 nitrogen and oxygen atoms in total. The molecular formula is C30H32F6N2O8. The van der Waals surface area contributed by atoms with Crippen molar-refractivity contribution in [1.29, 1.82) is 0 Å². The minimum atomic E-state index is -4.55. The summed E-state index contributed by atoms with van der Waals surface area (Å²) in [5.74, 6) is -8.91. The summed E-state index contributed by atoms with van der Waals surface area (Å²) in [5, 5.41) is 18.0. The van der Waals surface area contributed by atoms with Crippen LogP contribution in [0.4, 0.5) is 35.9 Å². The van der Waals surface area contributed by atoms with Gasteiger partial charge in [0.15, 0.2) is 0 Å². The molecule has 4 rings (SSSR count). The van der Waals surface area contributed by atoms with Crippen molar-refractivity contribution in [2.45, 2.75) is 38.4 Å². The van der Waals surface area contributed by atoms with Crippen LogP contribution in [0.1, 0.15) is 24.0 Å². The molecule has 0 aliphatic carbocycles. The number of carboxylic acid groups (broad SMARTS) is 2. The van der Waals surface area contributed by atoms with Gasteiger partial charge in [0.25, 0.3) is 0 Å². The van der Waals surface area contributed by atoms with Gasteiger partial charge in [-0.1, -0.05) is 60.7 Å². The number of carbonyl (C=O) groups is 4. The summed E-state index contributed by atoms with van der Waals surface area (Å²) >= 11 is 0. The lowest BCUT2D eigenvalue weighted by Crippen LogP contribution is -2.50. The number of carbonyl (C=O) groups excluding carboxylic acids is 2. The van der Waals surface area contributed by atoms with Gasteiger partial charge in [0.05, 0.1) is 23.7 Å². The molecule has 0 unspecified atom stereocenters. The minimum Gasteiger partial charge on any atom is -0.481 e. The molecule has 0 saturated carbocycles. The lowest BCUT2D eigenvalue weighted by molar-refractivity contribution is -0.193. The quantitative estimate of drug-likeness (QED) is 0.370. The van der Waals surface area contributed by atoms with Crippen LogP contribution in [0.2, 0.25) is 0 Å². The van der Waals surface area contributed by atoms with E-state index in [1.807, 2.05) is 0 Å². The van der Waals surface area contributed by atoms with E-state index >= 15 is 0 Å². The molecule has 0 bridgehead atoms. The van der Waals surface area contributed by atoms with Gasteiger partial charge in [-0.3, -0.25) is 9.59 Å². The number of benzene rings is 2. The lowest BCUT2D eigenvalue weighted by Gasteiger charge is -2.36. The third kappa shape index (κ3) is 10.8. The summed E-state index contributed by atoms with van der Waals surface area (Å²) in [5.41, 5.74) is 1.39. The summed E-state index contributed by atoms with van der Waals surface area (Å²) in [4.78, 5) is 47.6. The first-order valence-electron chi connectivity index (χ1n) is 14.0. The molecule has 2 aromatic rings.